The molecule has 2 aromatic rings. The van der Waals surface area contributed by atoms with Gasteiger partial charge in [0.15, 0.2) is 0 Å². The third kappa shape index (κ3) is 7.71. The molecular weight excluding hydrogens is 533 g/mol. The van der Waals surface area contributed by atoms with Crippen LogP contribution in [0.1, 0.15) is 54.4 Å². The van der Waals surface area contributed by atoms with Gasteiger partial charge >= 0.3 is 35.6 Å². The Balaban J connectivity index is 0.00000109. The van der Waals surface area contributed by atoms with Gasteiger partial charge < -0.3 is 12.4 Å². The van der Waals surface area contributed by atoms with Crippen LogP contribution in [0, 0.1) is 30.6 Å². The van der Waals surface area contributed by atoms with Crippen LogP contribution < -0.4 is 10.4 Å². The van der Waals surface area contributed by atoms with Gasteiger partial charge in [0.25, 0.3) is 0 Å². The minimum absolute atomic E-state index is 0. The number of fused-ring (bicyclic) bond motifs is 1. The quantitative estimate of drug-likeness (QED) is 0.249. The Labute approximate surface area is 238 Å². The van der Waals surface area contributed by atoms with E-state index in [1.165, 1.54) is 23.2 Å². The molecule has 2 aliphatic carbocycles. The average molecular weight is 577 g/mol. The van der Waals surface area contributed by atoms with E-state index in [4.69, 9.17) is 23.6 Å². The van der Waals surface area contributed by atoms with Crippen molar-refractivity contribution in [1.82, 2.24) is 0 Å². The van der Waals surface area contributed by atoms with E-state index in [-0.39, 0.29) is 13.0 Å². The molecule has 0 spiro atoms. The number of rotatable bonds is 5. The molecule has 0 radical (unpaired) electrons. The summed E-state index contributed by atoms with van der Waals surface area (Å²) in [6, 6.07) is 22.7. The summed E-state index contributed by atoms with van der Waals surface area (Å²) in [6.45, 7) is 14.1. The molecule has 0 amide bonds. The van der Waals surface area contributed by atoms with Crippen LogP contribution >= 0.6 is 18.6 Å². The first-order valence-corrected chi connectivity index (χ1v) is 19.0. The van der Waals surface area contributed by atoms with Gasteiger partial charge in [-0.2, -0.15) is 0 Å². The van der Waals surface area contributed by atoms with Crippen molar-refractivity contribution in [2.24, 2.45) is 23.2 Å². The Kier molecular flexibility index (Phi) is 11.8. The Hall–Kier alpha value is -0.609. The van der Waals surface area contributed by atoms with Crippen LogP contribution in [0.15, 0.2) is 85.0 Å². The minimum atomic E-state index is -2.48. The van der Waals surface area contributed by atoms with Crippen LogP contribution in [-0.4, -0.2) is 13.8 Å². The molecule has 4 unspecified atom stereocenters. The number of halogens is 2. The Bertz CT molecular complexity index is 940. The summed E-state index contributed by atoms with van der Waals surface area (Å²) in [4.78, 5) is 5.92. The van der Waals surface area contributed by atoms with Gasteiger partial charge in [0, 0.05) is 8.24 Å². The van der Waals surface area contributed by atoms with Crippen molar-refractivity contribution in [2.75, 3.05) is 0 Å². The monoisotopic (exact) mass is 575 g/mol. The van der Waals surface area contributed by atoms with E-state index in [1.807, 2.05) is 0 Å². The van der Waals surface area contributed by atoms with Crippen molar-refractivity contribution in [1.29, 1.82) is 0 Å². The van der Waals surface area contributed by atoms with Crippen molar-refractivity contribution in [3.8, 4) is 0 Å². The summed E-state index contributed by atoms with van der Waals surface area (Å²) in [6.07, 6.45) is 12.1. The van der Waals surface area contributed by atoms with Crippen LogP contribution in [0.3, 0.4) is 0 Å². The summed E-state index contributed by atoms with van der Waals surface area (Å²) in [5.74, 6) is 1.85. The second kappa shape index (κ2) is 13.5. The fourth-order valence-corrected chi connectivity index (χ4v) is 12.2. The predicted molar refractivity (Wildman–Crippen MR) is 160 cm³/mol. The molecule has 4 rings (SSSR count). The fraction of sp³-hybridized carbons (Fsp3) is 0.452. The Morgan fingerprint density at radius 2 is 1.31 bits per heavy atom. The molecule has 0 saturated heterocycles. The summed E-state index contributed by atoms with van der Waals surface area (Å²) < 4.78 is 0. The standard InChI is InChI=1S/C30H40NSi.CH3.2ClH.Ti/c1-29(2,3)22-24-21-23-15-13-14-20-27(23)28(24)32(31-30(4,5)6,25-16-9-7-10-17-25)26-18-11-8-12-19-26;;;;/h7-20,23-24,27-28H,21-22H2,1-6H3;1H3;2*1H;/q2*-1;;;+2/p-2. The first kappa shape index (κ1) is 31.6. The molecule has 4 atom stereocenters. The molecule has 0 bridgehead atoms. The zero-order valence-corrected chi connectivity index (χ0v) is 27.1. The molecule has 1 saturated carbocycles. The van der Waals surface area contributed by atoms with E-state index in [1.54, 1.807) is 0 Å². The molecule has 0 heterocycles. The van der Waals surface area contributed by atoms with E-state index in [0.717, 1.165) is 0 Å². The zero-order valence-electron chi connectivity index (χ0n) is 23.0. The average Bonchev–Trinajstić information content (AvgIpc) is 3.15. The molecule has 5 heteroatoms. The topological polar surface area (TPSA) is 14.1 Å². The number of benzene rings is 2. The zero-order chi connectivity index (χ0) is 25.7. The third-order valence-electron chi connectivity index (χ3n) is 7.09. The summed E-state index contributed by atoms with van der Waals surface area (Å²) in [5, 5.41) is 2.93. The van der Waals surface area contributed by atoms with E-state index >= 15 is 0 Å². The van der Waals surface area contributed by atoms with E-state index in [0.29, 0.717) is 28.7 Å². The molecule has 36 heavy (non-hydrogen) atoms. The maximum absolute atomic E-state index is 5.92. The molecule has 0 aliphatic heterocycles. The third-order valence-corrected chi connectivity index (χ3v) is 12.4. The van der Waals surface area contributed by atoms with E-state index in [9.17, 15) is 0 Å². The Morgan fingerprint density at radius 3 is 1.75 bits per heavy atom. The molecule has 1 nitrogen and oxygen atoms in total. The second-order valence-corrected chi connectivity index (χ2v) is 18.3. The van der Waals surface area contributed by atoms with Crippen molar-refractivity contribution >= 4 is 37.2 Å². The Morgan fingerprint density at radius 1 is 0.833 bits per heavy atom. The van der Waals surface area contributed by atoms with Crippen LogP contribution in [0.25, 0.3) is 4.98 Å². The predicted octanol–water partition coefficient (Wildman–Crippen LogP) is 8.93. The molecule has 2 aromatic carbocycles. The van der Waals surface area contributed by atoms with Gasteiger partial charge in [-0.1, -0.05) is 137 Å². The molecule has 1 fully saturated rings. The SMILES string of the molecule is CC(C)(C)CC1CC2C=CC=CC2C1[Si]([N-]C(C)(C)C)(c1ccccc1)c1ccccc1.[CH3-].[Cl][Ti][Cl]. The number of hydrogen-bond acceptors (Lipinski definition) is 0. The van der Waals surface area contributed by atoms with Crippen LogP contribution in [-0.2, 0) is 17.0 Å². The van der Waals surface area contributed by atoms with Gasteiger partial charge in [0.05, 0.1) is 0 Å². The van der Waals surface area contributed by atoms with Gasteiger partial charge in [-0.3, -0.25) is 0 Å². The maximum atomic E-state index is 5.92. The molecular formula is C31H43Cl2NSiTi-2. The van der Waals surface area contributed by atoms with Gasteiger partial charge in [0.2, 0.25) is 0 Å². The number of nitrogens with zero attached hydrogens (tertiary/aromatic N) is 1. The van der Waals surface area contributed by atoms with Gasteiger partial charge in [-0.05, 0) is 41.6 Å². The number of allylic oxidation sites excluding steroid dienone is 4. The van der Waals surface area contributed by atoms with Crippen molar-refractivity contribution in [3.05, 3.63) is 97.4 Å². The second-order valence-electron chi connectivity index (χ2n) is 12.1. The first-order valence-electron chi connectivity index (χ1n) is 12.7. The molecule has 0 N–H and O–H groups in total. The number of hydrogen-bond donors (Lipinski definition) is 0. The van der Waals surface area contributed by atoms with E-state index in [2.05, 4.69) is 127 Å². The summed E-state index contributed by atoms with van der Waals surface area (Å²) in [5.41, 5.74) is 0.757. The van der Waals surface area contributed by atoms with Gasteiger partial charge in [-0.25, -0.2) is 0 Å². The molecule has 0 aromatic heterocycles. The van der Waals surface area contributed by atoms with Crippen LogP contribution in [0.4, 0.5) is 0 Å². The normalized spacial score (nSPS) is 23.2. The molecule has 196 valence electrons. The van der Waals surface area contributed by atoms with E-state index < -0.39 is 25.3 Å². The van der Waals surface area contributed by atoms with Crippen molar-refractivity contribution in [3.63, 3.8) is 0 Å². The first-order chi connectivity index (χ1) is 16.5. The van der Waals surface area contributed by atoms with Gasteiger partial charge in [0.1, 0.15) is 0 Å². The van der Waals surface area contributed by atoms with Crippen LogP contribution in [0.5, 0.6) is 0 Å². The summed E-state index contributed by atoms with van der Waals surface area (Å²) >= 11 is -0.556. The van der Waals surface area contributed by atoms with Crippen LogP contribution in [0.2, 0.25) is 5.54 Å². The van der Waals surface area contributed by atoms with Gasteiger partial charge in [-0.15, -0.1) is 5.54 Å². The summed E-state index contributed by atoms with van der Waals surface area (Å²) in [7, 11) is 7.30. The van der Waals surface area contributed by atoms with Crippen molar-refractivity contribution < 1.29 is 17.0 Å². The molecule has 2 aliphatic rings. The van der Waals surface area contributed by atoms with Crippen molar-refractivity contribution in [2.45, 2.75) is 65.5 Å². The fourth-order valence-electron chi connectivity index (χ4n) is 6.39.